The van der Waals surface area contributed by atoms with E-state index in [4.69, 9.17) is 5.26 Å². The van der Waals surface area contributed by atoms with Crippen LogP contribution in [-0.2, 0) is 13.0 Å². The first-order valence-corrected chi connectivity index (χ1v) is 5.37. The quantitative estimate of drug-likeness (QED) is 0.757. The van der Waals surface area contributed by atoms with Crippen molar-refractivity contribution in [2.75, 3.05) is 0 Å². The highest BCUT2D eigenvalue weighted by Gasteiger charge is 2.14. The molecule has 0 saturated heterocycles. The van der Waals surface area contributed by atoms with Crippen LogP contribution in [0.25, 0.3) is 0 Å². The molecule has 0 fully saturated rings. The van der Waals surface area contributed by atoms with Crippen LogP contribution >= 0.6 is 0 Å². The van der Waals surface area contributed by atoms with Gasteiger partial charge in [0.25, 0.3) is 0 Å². The summed E-state index contributed by atoms with van der Waals surface area (Å²) in [4.78, 5) is 0. The average Bonchev–Trinajstić information content (AvgIpc) is 2.47. The highest BCUT2D eigenvalue weighted by atomic mass is 15.4. The van der Waals surface area contributed by atoms with Gasteiger partial charge in [-0.3, -0.25) is 0 Å². The molecule has 0 aliphatic carbocycles. The molecule has 0 aliphatic heterocycles. The van der Waals surface area contributed by atoms with Gasteiger partial charge < -0.3 is 0 Å². The normalized spacial score (nSPS) is 11.0. The Morgan fingerprint density at radius 1 is 1.27 bits per heavy atom. The highest BCUT2D eigenvalue weighted by molar-refractivity contribution is 5.24. The fraction of sp³-hybridized carbons (Fsp3) is 0.727. The molecular formula is C11H18N4. The summed E-state index contributed by atoms with van der Waals surface area (Å²) in [6, 6.07) is 2.10. The molecule has 82 valence electrons. The van der Waals surface area contributed by atoms with Crippen LogP contribution in [0.1, 0.15) is 39.1 Å². The van der Waals surface area contributed by atoms with Gasteiger partial charge in [-0.05, 0) is 18.3 Å². The average molecular weight is 206 g/mol. The van der Waals surface area contributed by atoms with Crippen molar-refractivity contribution in [3.05, 3.63) is 11.4 Å². The summed E-state index contributed by atoms with van der Waals surface area (Å²) in [5, 5.41) is 16.8. The molecule has 0 bridgehead atoms. The Hall–Kier alpha value is -1.37. The summed E-state index contributed by atoms with van der Waals surface area (Å²) in [6.07, 6.45) is 0.864. The van der Waals surface area contributed by atoms with Gasteiger partial charge in [-0.25, -0.2) is 4.68 Å². The van der Waals surface area contributed by atoms with E-state index in [1.807, 2.05) is 4.68 Å². The molecule has 1 heterocycles. The van der Waals surface area contributed by atoms with Crippen molar-refractivity contribution in [2.45, 2.75) is 40.7 Å². The van der Waals surface area contributed by atoms with Crippen molar-refractivity contribution >= 4 is 0 Å². The lowest BCUT2D eigenvalue weighted by Crippen LogP contribution is -2.12. The van der Waals surface area contributed by atoms with Gasteiger partial charge in [-0.1, -0.05) is 32.9 Å². The molecule has 0 spiro atoms. The number of nitrogens with zero attached hydrogens (tertiary/aromatic N) is 4. The molecule has 0 saturated carbocycles. The Morgan fingerprint density at radius 2 is 1.93 bits per heavy atom. The van der Waals surface area contributed by atoms with Crippen molar-refractivity contribution < 1.29 is 0 Å². The molecule has 0 aliphatic rings. The van der Waals surface area contributed by atoms with E-state index in [1.54, 1.807) is 0 Å². The number of nitriles is 1. The molecule has 1 aromatic heterocycles. The minimum Gasteiger partial charge on any atom is -0.248 e. The van der Waals surface area contributed by atoms with Gasteiger partial charge >= 0.3 is 0 Å². The van der Waals surface area contributed by atoms with E-state index in [2.05, 4.69) is 44.1 Å². The van der Waals surface area contributed by atoms with Crippen LogP contribution in [0.5, 0.6) is 0 Å². The Kier molecular flexibility index (Phi) is 3.84. The second-order valence-electron chi connectivity index (χ2n) is 4.67. The van der Waals surface area contributed by atoms with Crippen molar-refractivity contribution in [2.24, 2.45) is 11.8 Å². The van der Waals surface area contributed by atoms with E-state index in [0.717, 1.165) is 18.7 Å². The molecular weight excluding hydrogens is 188 g/mol. The van der Waals surface area contributed by atoms with Crippen molar-refractivity contribution in [1.29, 1.82) is 5.26 Å². The predicted octanol–water partition coefficient (Wildman–Crippen LogP) is 2.00. The van der Waals surface area contributed by atoms with Crippen molar-refractivity contribution in [3.63, 3.8) is 0 Å². The van der Waals surface area contributed by atoms with Gasteiger partial charge in [-0.2, -0.15) is 5.26 Å². The lowest BCUT2D eigenvalue weighted by Gasteiger charge is -2.10. The molecule has 0 amide bonds. The number of hydrogen-bond donors (Lipinski definition) is 0. The van der Waals surface area contributed by atoms with E-state index in [0.29, 0.717) is 17.5 Å². The Morgan fingerprint density at radius 3 is 2.40 bits per heavy atom. The van der Waals surface area contributed by atoms with E-state index >= 15 is 0 Å². The third-order valence-electron chi connectivity index (χ3n) is 2.08. The third kappa shape index (κ3) is 3.05. The second kappa shape index (κ2) is 4.92. The van der Waals surface area contributed by atoms with Gasteiger partial charge in [0.15, 0.2) is 5.69 Å². The van der Waals surface area contributed by atoms with Crippen LogP contribution in [0.4, 0.5) is 0 Å². The molecule has 0 radical (unpaired) electrons. The third-order valence-corrected chi connectivity index (χ3v) is 2.08. The van der Waals surface area contributed by atoms with E-state index in [-0.39, 0.29) is 0 Å². The molecule has 4 nitrogen and oxygen atoms in total. The summed E-state index contributed by atoms with van der Waals surface area (Å²) in [5.41, 5.74) is 1.45. The van der Waals surface area contributed by atoms with Crippen LogP contribution in [0.15, 0.2) is 0 Å². The Labute approximate surface area is 90.9 Å². The summed E-state index contributed by atoms with van der Waals surface area (Å²) in [7, 11) is 0. The molecule has 0 unspecified atom stereocenters. The van der Waals surface area contributed by atoms with E-state index < -0.39 is 0 Å². The number of hydrogen-bond acceptors (Lipinski definition) is 3. The summed E-state index contributed by atoms with van der Waals surface area (Å²) < 4.78 is 1.86. The minimum absolute atomic E-state index is 0.476. The van der Waals surface area contributed by atoms with Gasteiger partial charge in [0.1, 0.15) is 6.07 Å². The fourth-order valence-corrected chi connectivity index (χ4v) is 1.50. The zero-order valence-corrected chi connectivity index (χ0v) is 9.86. The Bertz CT molecular complexity index is 357. The monoisotopic (exact) mass is 206 g/mol. The molecule has 0 atom stereocenters. The first kappa shape index (κ1) is 11.7. The smallest absolute Gasteiger partial charge is 0.185 e. The topological polar surface area (TPSA) is 54.5 Å². The number of aromatic nitrogens is 3. The molecule has 0 aromatic carbocycles. The van der Waals surface area contributed by atoms with Gasteiger partial charge in [0, 0.05) is 6.54 Å². The number of rotatable bonds is 4. The lowest BCUT2D eigenvalue weighted by atomic mass is 10.1. The van der Waals surface area contributed by atoms with Gasteiger partial charge in [-0.15, -0.1) is 5.10 Å². The first-order chi connectivity index (χ1) is 7.04. The standard InChI is InChI=1S/C11H18N4/c1-8(2)5-11-10(6-12)13-14-15(11)7-9(3)4/h8-9H,5,7H2,1-4H3. The summed E-state index contributed by atoms with van der Waals surface area (Å²) in [5.74, 6) is 1.03. The van der Waals surface area contributed by atoms with Crippen LogP contribution in [0.2, 0.25) is 0 Å². The Balaban J connectivity index is 2.96. The molecule has 1 rings (SSSR count). The summed E-state index contributed by atoms with van der Waals surface area (Å²) in [6.45, 7) is 9.36. The van der Waals surface area contributed by atoms with E-state index in [1.165, 1.54) is 0 Å². The van der Waals surface area contributed by atoms with Crippen molar-refractivity contribution in [1.82, 2.24) is 15.0 Å². The molecule has 15 heavy (non-hydrogen) atoms. The molecule has 4 heteroatoms. The summed E-state index contributed by atoms with van der Waals surface area (Å²) >= 11 is 0. The lowest BCUT2D eigenvalue weighted by molar-refractivity contribution is 0.449. The van der Waals surface area contributed by atoms with E-state index in [9.17, 15) is 0 Å². The minimum atomic E-state index is 0.476. The zero-order valence-electron chi connectivity index (χ0n) is 9.86. The largest absolute Gasteiger partial charge is 0.248 e. The zero-order chi connectivity index (χ0) is 11.4. The maximum absolute atomic E-state index is 8.91. The fourth-order valence-electron chi connectivity index (χ4n) is 1.50. The first-order valence-electron chi connectivity index (χ1n) is 5.37. The van der Waals surface area contributed by atoms with Gasteiger partial charge in [0.05, 0.1) is 5.69 Å². The maximum atomic E-state index is 8.91. The second-order valence-corrected chi connectivity index (χ2v) is 4.67. The van der Waals surface area contributed by atoms with Crippen LogP contribution in [0, 0.1) is 23.2 Å². The highest BCUT2D eigenvalue weighted by Crippen LogP contribution is 2.12. The predicted molar refractivity (Wildman–Crippen MR) is 58.1 cm³/mol. The molecule has 1 aromatic rings. The van der Waals surface area contributed by atoms with Gasteiger partial charge in [0.2, 0.25) is 0 Å². The maximum Gasteiger partial charge on any atom is 0.185 e. The van der Waals surface area contributed by atoms with Crippen LogP contribution in [0.3, 0.4) is 0 Å². The van der Waals surface area contributed by atoms with Crippen LogP contribution < -0.4 is 0 Å². The molecule has 0 N–H and O–H groups in total. The van der Waals surface area contributed by atoms with Crippen molar-refractivity contribution in [3.8, 4) is 6.07 Å². The SMILES string of the molecule is CC(C)Cc1c(C#N)nnn1CC(C)C. The van der Waals surface area contributed by atoms with Crippen LogP contribution in [-0.4, -0.2) is 15.0 Å².